The van der Waals surface area contributed by atoms with Crippen LogP contribution in [-0.2, 0) is 25.9 Å². The van der Waals surface area contributed by atoms with Crippen LogP contribution in [0, 0.1) is 20.8 Å². The first kappa shape index (κ1) is 23.0. The summed E-state index contributed by atoms with van der Waals surface area (Å²) in [5.74, 6) is 2.85. The first-order valence-corrected chi connectivity index (χ1v) is 11.6. The molecule has 0 spiro atoms. The minimum absolute atomic E-state index is 0.0538. The molecule has 3 aromatic rings. The summed E-state index contributed by atoms with van der Waals surface area (Å²) < 4.78 is 7.68. The summed E-state index contributed by atoms with van der Waals surface area (Å²) >= 11 is 0. The van der Waals surface area contributed by atoms with Crippen molar-refractivity contribution in [3.63, 3.8) is 0 Å². The molecule has 4 rings (SSSR count). The topological polar surface area (TPSA) is 72.3 Å². The van der Waals surface area contributed by atoms with Crippen LogP contribution in [0.1, 0.15) is 44.3 Å². The minimum atomic E-state index is -0.0538. The van der Waals surface area contributed by atoms with Crippen LogP contribution in [0.4, 0.5) is 0 Å². The third-order valence-electron chi connectivity index (χ3n) is 6.61. The van der Waals surface area contributed by atoms with Crippen LogP contribution in [0.5, 0.6) is 5.75 Å². The molecule has 2 heterocycles. The number of nitrogens with zero attached hydrogens (tertiary/aromatic N) is 4. The van der Waals surface area contributed by atoms with E-state index in [1.54, 1.807) is 7.11 Å². The van der Waals surface area contributed by atoms with E-state index in [1.165, 1.54) is 16.7 Å². The van der Waals surface area contributed by atoms with Crippen molar-refractivity contribution in [3.05, 3.63) is 75.9 Å². The van der Waals surface area contributed by atoms with Gasteiger partial charge in [-0.3, -0.25) is 9.69 Å². The summed E-state index contributed by atoms with van der Waals surface area (Å²) in [6, 6.07) is 11.9. The molecular weight excluding hydrogens is 414 g/mol. The fraction of sp³-hybridized carbons (Fsp3) is 0.423. The molecule has 1 amide bonds. The molecule has 1 aliphatic heterocycles. The lowest BCUT2D eigenvalue weighted by molar-refractivity contribution is 0.0954. The molecular formula is C26H33N5O2. The lowest BCUT2D eigenvalue weighted by atomic mass is 10.0. The van der Waals surface area contributed by atoms with Gasteiger partial charge in [0.1, 0.15) is 17.4 Å². The van der Waals surface area contributed by atoms with E-state index in [9.17, 15) is 4.79 Å². The second-order valence-electron chi connectivity index (χ2n) is 8.76. The monoisotopic (exact) mass is 447 g/mol. The standard InChI is InChI=1S/C26H33N5O2/c1-18-5-7-21(8-6-18)26(32)27-13-11-24-28-29-25-12-14-30(15-16-31(24)25)17-22-9-10-23(33-4)20(3)19(22)2/h5-10H,11-17H2,1-4H3,(H,27,32). The van der Waals surface area contributed by atoms with Gasteiger partial charge in [-0.1, -0.05) is 23.8 Å². The molecule has 0 aliphatic carbocycles. The van der Waals surface area contributed by atoms with E-state index in [4.69, 9.17) is 4.74 Å². The number of methoxy groups -OCH3 is 1. The van der Waals surface area contributed by atoms with E-state index in [0.717, 1.165) is 55.6 Å². The van der Waals surface area contributed by atoms with Gasteiger partial charge in [0.05, 0.1) is 7.11 Å². The van der Waals surface area contributed by atoms with E-state index in [0.29, 0.717) is 18.5 Å². The molecule has 1 aromatic heterocycles. The van der Waals surface area contributed by atoms with E-state index in [1.807, 2.05) is 31.2 Å². The van der Waals surface area contributed by atoms with Crippen LogP contribution in [0.25, 0.3) is 0 Å². The van der Waals surface area contributed by atoms with E-state index < -0.39 is 0 Å². The Kier molecular flexibility index (Phi) is 7.08. The largest absolute Gasteiger partial charge is 0.496 e. The second kappa shape index (κ2) is 10.2. The van der Waals surface area contributed by atoms with E-state index in [2.05, 4.69) is 51.0 Å². The van der Waals surface area contributed by atoms with Crippen molar-refractivity contribution in [1.82, 2.24) is 25.0 Å². The third kappa shape index (κ3) is 5.25. The summed E-state index contributed by atoms with van der Waals surface area (Å²) in [5, 5.41) is 11.8. The lowest BCUT2D eigenvalue weighted by Crippen LogP contribution is -2.28. The number of amides is 1. The molecule has 7 heteroatoms. The van der Waals surface area contributed by atoms with Crippen molar-refractivity contribution in [2.24, 2.45) is 0 Å². The molecule has 2 aromatic carbocycles. The molecule has 0 bridgehead atoms. The highest BCUT2D eigenvalue weighted by Gasteiger charge is 2.20. The van der Waals surface area contributed by atoms with Crippen molar-refractivity contribution in [2.45, 2.75) is 46.7 Å². The minimum Gasteiger partial charge on any atom is -0.496 e. The molecule has 33 heavy (non-hydrogen) atoms. The lowest BCUT2D eigenvalue weighted by Gasteiger charge is -2.22. The molecule has 0 atom stereocenters. The van der Waals surface area contributed by atoms with Crippen LogP contribution < -0.4 is 10.1 Å². The van der Waals surface area contributed by atoms with Crippen LogP contribution in [0.3, 0.4) is 0 Å². The number of carbonyl (C=O) groups excluding carboxylic acids is 1. The predicted octanol–water partition coefficient (Wildman–Crippen LogP) is 3.24. The van der Waals surface area contributed by atoms with Crippen molar-refractivity contribution in [3.8, 4) is 5.75 Å². The summed E-state index contributed by atoms with van der Waals surface area (Å²) in [7, 11) is 1.72. The fourth-order valence-corrected chi connectivity index (χ4v) is 4.35. The zero-order valence-electron chi connectivity index (χ0n) is 20.0. The van der Waals surface area contributed by atoms with E-state index in [-0.39, 0.29) is 5.91 Å². The first-order valence-electron chi connectivity index (χ1n) is 11.6. The van der Waals surface area contributed by atoms with Gasteiger partial charge in [0.2, 0.25) is 0 Å². The second-order valence-corrected chi connectivity index (χ2v) is 8.76. The number of aromatic nitrogens is 3. The van der Waals surface area contributed by atoms with Gasteiger partial charge in [-0.05, 0) is 55.7 Å². The number of aryl methyl sites for hydroxylation is 1. The van der Waals surface area contributed by atoms with Gasteiger partial charge in [-0.25, -0.2) is 0 Å². The maximum Gasteiger partial charge on any atom is 0.251 e. The Bertz CT molecular complexity index is 1120. The van der Waals surface area contributed by atoms with Gasteiger partial charge in [-0.2, -0.15) is 0 Å². The Morgan fingerprint density at radius 3 is 2.55 bits per heavy atom. The molecule has 0 radical (unpaired) electrons. The summed E-state index contributed by atoms with van der Waals surface area (Å²) in [5.41, 5.74) is 5.66. The normalized spacial score (nSPS) is 13.9. The van der Waals surface area contributed by atoms with Gasteiger partial charge in [-0.15, -0.1) is 10.2 Å². The van der Waals surface area contributed by atoms with E-state index >= 15 is 0 Å². The Morgan fingerprint density at radius 2 is 1.79 bits per heavy atom. The molecule has 7 nitrogen and oxygen atoms in total. The first-order chi connectivity index (χ1) is 16.0. The number of fused-ring (bicyclic) bond motifs is 1. The fourth-order valence-electron chi connectivity index (χ4n) is 4.35. The van der Waals surface area contributed by atoms with Gasteiger partial charge >= 0.3 is 0 Å². The van der Waals surface area contributed by atoms with Gasteiger partial charge in [0, 0.05) is 51.1 Å². The molecule has 1 N–H and O–H groups in total. The van der Waals surface area contributed by atoms with Crippen LogP contribution in [-0.4, -0.2) is 52.3 Å². The Balaban J connectivity index is 1.33. The highest BCUT2D eigenvalue weighted by molar-refractivity contribution is 5.94. The summed E-state index contributed by atoms with van der Waals surface area (Å²) in [6.07, 6.45) is 1.54. The van der Waals surface area contributed by atoms with Crippen molar-refractivity contribution in [1.29, 1.82) is 0 Å². The average molecular weight is 448 g/mol. The third-order valence-corrected chi connectivity index (χ3v) is 6.61. The predicted molar refractivity (Wildman–Crippen MR) is 129 cm³/mol. The number of carbonyl (C=O) groups is 1. The molecule has 0 saturated heterocycles. The Morgan fingerprint density at radius 1 is 1.00 bits per heavy atom. The maximum atomic E-state index is 12.4. The average Bonchev–Trinajstić information content (AvgIpc) is 3.09. The highest BCUT2D eigenvalue weighted by Crippen LogP contribution is 2.25. The summed E-state index contributed by atoms with van der Waals surface area (Å²) in [6.45, 7) is 10.5. The maximum absolute atomic E-state index is 12.4. The van der Waals surface area contributed by atoms with Crippen molar-refractivity contribution in [2.75, 3.05) is 26.7 Å². The highest BCUT2D eigenvalue weighted by atomic mass is 16.5. The number of ether oxygens (including phenoxy) is 1. The molecule has 174 valence electrons. The molecule has 1 aliphatic rings. The number of benzene rings is 2. The van der Waals surface area contributed by atoms with Crippen LogP contribution in [0.2, 0.25) is 0 Å². The Labute approximate surface area is 195 Å². The molecule has 0 unspecified atom stereocenters. The molecule has 0 saturated carbocycles. The van der Waals surface area contributed by atoms with Crippen molar-refractivity contribution < 1.29 is 9.53 Å². The zero-order chi connectivity index (χ0) is 23.4. The number of hydrogen-bond donors (Lipinski definition) is 1. The SMILES string of the molecule is COc1ccc(CN2CCc3nnc(CCNC(=O)c4ccc(C)cc4)n3CC2)c(C)c1C. The zero-order valence-corrected chi connectivity index (χ0v) is 20.0. The quantitative estimate of drug-likeness (QED) is 0.602. The van der Waals surface area contributed by atoms with Gasteiger partial charge in [0.15, 0.2) is 0 Å². The van der Waals surface area contributed by atoms with Gasteiger partial charge in [0.25, 0.3) is 5.91 Å². The van der Waals surface area contributed by atoms with Gasteiger partial charge < -0.3 is 14.6 Å². The smallest absolute Gasteiger partial charge is 0.251 e. The summed E-state index contributed by atoms with van der Waals surface area (Å²) in [4.78, 5) is 14.8. The van der Waals surface area contributed by atoms with Crippen LogP contribution >= 0.6 is 0 Å². The molecule has 0 fully saturated rings. The number of rotatable bonds is 7. The number of hydrogen-bond acceptors (Lipinski definition) is 5. The number of nitrogens with one attached hydrogen (secondary N) is 1. The van der Waals surface area contributed by atoms with Crippen molar-refractivity contribution >= 4 is 5.91 Å². The Hall–Kier alpha value is -3.19. The van der Waals surface area contributed by atoms with Crippen LogP contribution in [0.15, 0.2) is 36.4 Å².